The molecule has 0 aromatic carbocycles. The molecule has 1 amide bonds. The van der Waals surface area contributed by atoms with Crippen molar-refractivity contribution in [1.82, 2.24) is 25.1 Å². The molecule has 1 aliphatic carbocycles. The van der Waals surface area contributed by atoms with Gasteiger partial charge in [-0.1, -0.05) is 6.42 Å². The fourth-order valence-electron chi connectivity index (χ4n) is 5.44. The van der Waals surface area contributed by atoms with Gasteiger partial charge in [0.15, 0.2) is 5.82 Å². The molecule has 1 saturated carbocycles. The lowest BCUT2D eigenvalue weighted by molar-refractivity contribution is -0.148. The van der Waals surface area contributed by atoms with Crippen LogP contribution in [0.15, 0.2) is 12.1 Å². The first-order valence-electron chi connectivity index (χ1n) is 12.0. The molecule has 2 bridgehead atoms. The Kier molecular flexibility index (Phi) is 6.09. The van der Waals surface area contributed by atoms with Crippen molar-refractivity contribution in [3.05, 3.63) is 17.8 Å². The molecule has 5 rings (SSSR count). The number of ether oxygens (including phenoxy) is 1. The molecule has 3 fully saturated rings. The van der Waals surface area contributed by atoms with Crippen molar-refractivity contribution in [3.8, 4) is 5.88 Å². The molecule has 4 heterocycles. The topological polar surface area (TPSA) is 119 Å². The van der Waals surface area contributed by atoms with Crippen LogP contribution in [0, 0.1) is 5.92 Å². The first kappa shape index (κ1) is 21.9. The molecule has 2 aliphatic heterocycles. The highest BCUT2D eigenvalue weighted by molar-refractivity contribution is 5.80. The van der Waals surface area contributed by atoms with E-state index >= 15 is 0 Å². The number of aliphatic hydroxyl groups is 1. The van der Waals surface area contributed by atoms with Gasteiger partial charge in [0.1, 0.15) is 5.82 Å². The summed E-state index contributed by atoms with van der Waals surface area (Å²) in [4.78, 5) is 26.8. The Hall–Kier alpha value is -2.88. The zero-order chi connectivity index (χ0) is 22.9. The minimum Gasteiger partial charge on any atom is -0.481 e. The summed E-state index contributed by atoms with van der Waals surface area (Å²) in [5.74, 6) is 2.82. The molecule has 0 radical (unpaired) electrons. The number of hydrogen-bond donors (Lipinski definition) is 3. The number of nitrogens with zero attached hydrogens (tertiary/aromatic N) is 5. The van der Waals surface area contributed by atoms with E-state index in [1.165, 1.54) is 12.8 Å². The molecule has 2 saturated heterocycles. The van der Waals surface area contributed by atoms with Gasteiger partial charge in [0.05, 0.1) is 19.4 Å². The maximum atomic E-state index is 13.1. The van der Waals surface area contributed by atoms with Crippen LogP contribution in [0.4, 0.5) is 17.6 Å². The summed E-state index contributed by atoms with van der Waals surface area (Å²) in [5, 5.41) is 19.3. The summed E-state index contributed by atoms with van der Waals surface area (Å²) in [6.45, 7) is -0.111. The van der Waals surface area contributed by atoms with Gasteiger partial charge in [-0.05, 0) is 44.9 Å². The van der Waals surface area contributed by atoms with E-state index < -0.39 is 0 Å². The van der Waals surface area contributed by atoms with E-state index in [0.717, 1.165) is 38.5 Å². The Morgan fingerprint density at radius 1 is 1.18 bits per heavy atom. The number of hydrogen-bond acceptors (Lipinski definition) is 8. The lowest BCUT2D eigenvalue weighted by atomic mass is 9.77. The molecule has 3 aliphatic rings. The normalized spacial score (nSPS) is 24.8. The van der Waals surface area contributed by atoms with Crippen molar-refractivity contribution in [2.24, 2.45) is 5.92 Å². The number of carbonyl (C=O) groups is 1. The number of nitrogens with one attached hydrogen (secondary N) is 2. The van der Waals surface area contributed by atoms with Crippen LogP contribution < -0.4 is 15.0 Å². The Morgan fingerprint density at radius 3 is 2.52 bits per heavy atom. The minimum atomic E-state index is -0.111. The number of amides is 1. The second-order valence-corrected chi connectivity index (χ2v) is 9.51. The van der Waals surface area contributed by atoms with E-state index in [2.05, 4.69) is 30.3 Å². The molecule has 10 nitrogen and oxygen atoms in total. The number of carbonyl (C=O) groups excluding carboxylic acids is 1. The SMILES string of the molecule is COc1cc(Nc2cc(CO)[nH]n2)nc(N(C)[C@@H]2C[C@H]3CCC[C@@H](C2)N3C(=O)C2CCC2)n1. The predicted molar refractivity (Wildman–Crippen MR) is 123 cm³/mol. The molecule has 10 heteroatoms. The van der Waals surface area contributed by atoms with E-state index in [0.29, 0.717) is 47.1 Å². The van der Waals surface area contributed by atoms with Crippen LogP contribution in [0.5, 0.6) is 5.88 Å². The first-order chi connectivity index (χ1) is 16.1. The Bertz CT molecular complexity index is 978. The van der Waals surface area contributed by atoms with Crippen LogP contribution >= 0.6 is 0 Å². The average Bonchev–Trinajstić information content (AvgIpc) is 3.23. The molecule has 33 heavy (non-hydrogen) atoms. The van der Waals surface area contributed by atoms with Crippen molar-refractivity contribution < 1.29 is 14.6 Å². The van der Waals surface area contributed by atoms with Gasteiger partial charge in [0.2, 0.25) is 17.7 Å². The fraction of sp³-hybridized carbons (Fsp3) is 0.652. The number of methoxy groups -OCH3 is 1. The van der Waals surface area contributed by atoms with E-state index in [-0.39, 0.29) is 18.6 Å². The molecule has 178 valence electrons. The zero-order valence-electron chi connectivity index (χ0n) is 19.3. The average molecular weight is 456 g/mol. The number of anilines is 3. The monoisotopic (exact) mass is 455 g/mol. The first-order valence-corrected chi connectivity index (χ1v) is 12.0. The molecular formula is C23H33N7O3. The van der Waals surface area contributed by atoms with Crippen LogP contribution in [0.2, 0.25) is 0 Å². The van der Waals surface area contributed by atoms with E-state index in [9.17, 15) is 9.90 Å². The van der Waals surface area contributed by atoms with Crippen LogP contribution in [-0.2, 0) is 11.4 Å². The van der Waals surface area contributed by atoms with Gasteiger partial charge >= 0.3 is 0 Å². The second-order valence-electron chi connectivity index (χ2n) is 9.51. The third kappa shape index (κ3) is 4.36. The van der Waals surface area contributed by atoms with E-state index in [4.69, 9.17) is 9.72 Å². The van der Waals surface area contributed by atoms with Gasteiger partial charge in [0, 0.05) is 43.2 Å². The molecular weight excluding hydrogens is 422 g/mol. The number of rotatable bonds is 7. The maximum absolute atomic E-state index is 13.1. The quantitative estimate of drug-likeness (QED) is 0.583. The van der Waals surface area contributed by atoms with Gasteiger partial charge < -0.3 is 25.0 Å². The molecule has 0 spiro atoms. The number of aromatic nitrogens is 4. The molecule has 0 unspecified atom stereocenters. The lowest BCUT2D eigenvalue weighted by Crippen LogP contribution is -2.60. The Labute approximate surface area is 193 Å². The molecule has 3 N–H and O–H groups in total. The van der Waals surface area contributed by atoms with Crippen molar-refractivity contribution >= 4 is 23.5 Å². The highest BCUT2D eigenvalue weighted by Gasteiger charge is 2.44. The Balaban J connectivity index is 1.33. The summed E-state index contributed by atoms with van der Waals surface area (Å²) >= 11 is 0. The van der Waals surface area contributed by atoms with Crippen LogP contribution in [0.1, 0.15) is 57.1 Å². The predicted octanol–water partition coefficient (Wildman–Crippen LogP) is 2.59. The highest BCUT2D eigenvalue weighted by Crippen LogP contribution is 2.40. The Morgan fingerprint density at radius 2 is 1.91 bits per heavy atom. The number of aromatic amines is 1. The maximum Gasteiger partial charge on any atom is 0.230 e. The lowest BCUT2D eigenvalue weighted by Gasteiger charge is -2.52. The van der Waals surface area contributed by atoms with Crippen molar-refractivity contribution in [3.63, 3.8) is 0 Å². The summed E-state index contributed by atoms with van der Waals surface area (Å²) < 4.78 is 5.43. The number of fused-ring (bicyclic) bond motifs is 2. The van der Waals surface area contributed by atoms with E-state index in [1.807, 2.05) is 7.05 Å². The van der Waals surface area contributed by atoms with Gasteiger partial charge in [-0.25, -0.2) is 0 Å². The van der Waals surface area contributed by atoms with Crippen molar-refractivity contribution in [2.75, 3.05) is 24.4 Å². The smallest absolute Gasteiger partial charge is 0.230 e. The third-order valence-electron chi connectivity index (χ3n) is 7.48. The largest absolute Gasteiger partial charge is 0.481 e. The van der Waals surface area contributed by atoms with Gasteiger partial charge in [-0.3, -0.25) is 9.89 Å². The highest BCUT2D eigenvalue weighted by atomic mass is 16.5. The van der Waals surface area contributed by atoms with E-state index in [1.54, 1.807) is 19.2 Å². The number of aliphatic hydroxyl groups excluding tert-OH is 1. The number of H-pyrrole nitrogens is 1. The van der Waals surface area contributed by atoms with Gasteiger partial charge in [-0.2, -0.15) is 15.1 Å². The molecule has 2 aromatic rings. The second kappa shape index (κ2) is 9.17. The summed E-state index contributed by atoms with van der Waals surface area (Å²) in [6.07, 6.45) is 8.54. The van der Waals surface area contributed by atoms with Crippen LogP contribution in [-0.4, -0.2) is 68.4 Å². The summed E-state index contributed by atoms with van der Waals surface area (Å²) in [7, 11) is 3.62. The van der Waals surface area contributed by atoms with Crippen LogP contribution in [0.25, 0.3) is 0 Å². The van der Waals surface area contributed by atoms with Gasteiger partial charge in [0.25, 0.3) is 0 Å². The standard InChI is InChI=1S/C23H33N7O3/c1-29(18-10-16-7-4-8-17(11-18)30(16)22(32)14-5-3-6-14)23-25-19(12-21(26-23)33-2)24-20-9-15(13-31)27-28-20/h9,12,14,16-18,31H,3-8,10-11,13H2,1-2H3,(H2,24,25,26,27,28)/t16-,17+,18-. The molecule has 2 aromatic heterocycles. The molecule has 3 atom stereocenters. The minimum absolute atomic E-state index is 0.111. The summed E-state index contributed by atoms with van der Waals surface area (Å²) in [6, 6.07) is 4.33. The van der Waals surface area contributed by atoms with Gasteiger partial charge in [-0.15, -0.1) is 0 Å². The zero-order valence-corrected chi connectivity index (χ0v) is 19.3. The third-order valence-corrected chi connectivity index (χ3v) is 7.48. The number of piperidine rings is 2. The van der Waals surface area contributed by atoms with Crippen molar-refractivity contribution in [1.29, 1.82) is 0 Å². The van der Waals surface area contributed by atoms with Crippen LogP contribution in [0.3, 0.4) is 0 Å². The fourth-order valence-corrected chi connectivity index (χ4v) is 5.44. The summed E-state index contributed by atoms with van der Waals surface area (Å²) in [5.41, 5.74) is 0.616. The van der Waals surface area contributed by atoms with Crippen molar-refractivity contribution in [2.45, 2.75) is 76.1 Å².